The molecule has 0 aromatic heterocycles. The van der Waals surface area contributed by atoms with Crippen LogP contribution >= 0.6 is 24.8 Å². The van der Waals surface area contributed by atoms with E-state index in [0.29, 0.717) is 5.75 Å². The van der Waals surface area contributed by atoms with Crippen LogP contribution in [0.4, 0.5) is 5.69 Å². The van der Waals surface area contributed by atoms with Crippen LogP contribution in [0.25, 0.3) is 0 Å². The maximum Gasteiger partial charge on any atom is 0.313 e. The summed E-state index contributed by atoms with van der Waals surface area (Å²) in [5, 5.41) is 16.0. The topological polar surface area (TPSA) is 67.6 Å². The molecule has 1 fully saturated rings. The molecule has 1 aliphatic heterocycles. The van der Waals surface area contributed by atoms with Gasteiger partial charge in [0.25, 0.3) is 0 Å². The average molecular weight is 324 g/mol. The van der Waals surface area contributed by atoms with Crippen molar-refractivity contribution in [2.24, 2.45) is 0 Å². The summed E-state index contributed by atoms with van der Waals surface area (Å²) in [5.41, 5.74) is 0.00545. The minimum atomic E-state index is -0.418. The number of benzene rings is 1. The third kappa shape index (κ3) is 4.49. The van der Waals surface area contributed by atoms with Crippen LogP contribution in [0.3, 0.4) is 0 Å². The van der Waals surface area contributed by atoms with Gasteiger partial charge in [-0.3, -0.25) is 10.1 Å². The smallest absolute Gasteiger partial charge is 0.313 e. The second-order valence-electron chi connectivity index (χ2n) is 4.22. The monoisotopic (exact) mass is 323 g/mol. The molecule has 0 amide bonds. The van der Waals surface area contributed by atoms with Crippen molar-refractivity contribution in [3.63, 3.8) is 0 Å². The molecular weight excluding hydrogens is 305 g/mol. The van der Waals surface area contributed by atoms with Crippen molar-refractivity contribution in [2.75, 3.05) is 19.6 Å². The van der Waals surface area contributed by atoms with Crippen LogP contribution in [0.2, 0.25) is 0 Å². The summed E-state index contributed by atoms with van der Waals surface area (Å²) in [7, 11) is 0. The van der Waals surface area contributed by atoms with E-state index in [4.69, 9.17) is 4.84 Å². The lowest BCUT2D eigenvalue weighted by molar-refractivity contribution is -0.387. The van der Waals surface area contributed by atoms with Crippen LogP contribution < -0.4 is 10.2 Å². The molecule has 8 heteroatoms. The van der Waals surface area contributed by atoms with Gasteiger partial charge in [-0.05, 0) is 12.5 Å². The normalized spacial score (nSPS) is 18.6. The van der Waals surface area contributed by atoms with Crippen LogP contribution in [0.15, 0.2) is 24.3 Å². The van der Waals surface area contributed by atoms with E-state index in [2.05, 4.69) is 12.2 Å². The number of nitrogens with zero attached hydrogens (tertiary/aromatic N) is 2. The minimum absolute atomic E-state index is 0. The van der Waals surface area contributed by atoms with Gasteiger partial charge in [0.05, 0.1) is 11.0 Å². The highest BCUT2D eigenvalue weighted by atomic mass is 35.5. The van der Waals surface area contributed by atoms with Gasteiger partial charge in [0.15, 0.2) is 0 Å². The number of hydrogen-bond donors (Lipinski definition) is 1. The highest BCUT2D eigenvalue weighted by Crippen LogP contribution is 2.27. The van der Waals surface area contributed by atoms with Crippen LogP contribution in [-0.2, 0) is 0 Å². The Kier molecular flexibility index (Phi) is 8.48. The van der Waals surface area contributed by atoms with E-state index in [0.717, 1.165) is 26.1 Å². The third-order valence-electron chi connectivity index (χ3n) is 3.05. The Balaban J connectivity index is 0.00000180. The number of rotatable bonds is 4. The van der Waals surface area contributed by atoms with Gasteiger partial charge in [0, 0.05) is 25.7 Å². The van der Waals surface area contributed by atoms with Gasteiger partial charge in [-0.25, -0.2) is 0 Å². The molecule has 0 spiro atoms. The SMILES string of the molecule is CCC1CNCCN1Oc1ccccc1[N+](=O)[O-].Cl.Cl. The molecule has 0 aliphatic carbocycles. The van der Waals surface area contributed by atoms with E-state index < -0.39 is 4.92 Å². The van der Waals surface area contributed by atoms with Crippen molar-refractivity contribution in [1.82, 2.24) is 10.4 Å². The molecule has 0 saturated carbocycles. The quantitative estimate of drug-likeness (QED) is 0.680. The fourth-order valence-electron chi connectivity index (χ4n) is 2.02. The molecule has 0 bridgehead atoms. The van der Waals surface area contributed by atoms with Crippen LogP contribution in [0.5, 0.6) is 5.75 Å². The first-order valence-electron chi connectivity index (χ1n) is 6.11. The van der Waals surface area contributed by atoms with E-state index in [1.807, 2.05) is 5.06 Å². The number of para-hydroxylation sites is 2. The van der Waals surface area contributed by atoms with Crippen molar-refractivity contribution in [1.29, 1.82) is 0 Å². The predicted molar refractivity (Wildman–Crippen MR) is 81.9 cm³/mol. The highest BCUT2D eigenvalue weighted by Gasteiger charge is 2.25. The van der Waals surface area contributed by atoms with Crippen molar-refractivity contribution in [2.45, 2.75) is 19.4 Å². The Morgan fingerprint density at radius 3 is 2.80 bits per heavy atom. The van der Waals surface area contributed by atoms with E-state index in [-0.39, 0.29) is 36.5 Å². The van der Waals surface area contributed by atoms with Gasteiger partial charge >= 0.3 is 5.69 Å². The van der Waals surface area contributed by atoms with Gasteiger partial charge < -0.3 is 10.2 Å². The lowest BCUT2D eigenvalue weighted by Crippen LogP contribution is -2.52. The zero-order chi connectivity index (χ0) is 13.0. The molecular formula is C12H19Cl2N3O3. The number of nitro groups is 1. The van der Waals surface area contributed by atoms with Gasteiger partial charge in [-0.15, -0.1) is 29.9 Å². The second-order valence-corrected chi connectivity index (χ2v) is 4.22. The van der Waals surface area contributed by atoms with Crippen molar-refractivity contribution >= 4 is 30.5 Å². The number of piperazine rings is 1. The van der Waals surface area contributed by atoms with E-state index >= 15 is 0 Å². The molecule has 1 saturated heterocycles. The molecule has 20 heavy (non-hydrogen) atoms. The largest absolute Gasteiger partial charge is 0.398 e. The number of hydrogen-bond acceptors (Lipinski definition) is 5. The number of nitrogens with one attached hydrogen (secondary N) is 1. The maximum atomic E-state index is 10.9. The molecule has 1 unspecified atom stereocenters. The molecule has 1 atom stereocenters. The standard InChI is InChI=1S/C12H17N3O3.2ClH/c1-2-10-9-13-7-8-14(10)18-12-6-4-3-5-11(12)15(16)17;;/h3-6,10,13H,2,7-9H2,1H3;2*1H. The first kappa shape index (κ1) is 18.9. The van der Waals surface area contributed by atoms with Crippen LogP contribution in [-0.4, -0.2) is 35.7 Å². The zero-order valence-corrected chi connectivity index (χ0v) is 12.8. The highest BCUT2D eigenvalue weighted by molar-refractivity contribution is 5.85. The Hall–Kier alpha value is -1.08. The lowest BCUT2D eigenvalue weighted by Gasteiger charge is -2.34. The fraction of sp³-hybridized carbons (Fsp3) is 0.500. The second kappa shape index (κ2) is 8.97. The molecule has 2 rings (SSSR count). The predicted octanol–water partition coefficient (Wildman–Crippen LogP) is 2.42. The van der Waals surface area contributed by atoms with Crippen LogP contribution in [0, 0.1) is 10.1 Å². The summed E-state index contributed by atoms with van der Waals surface area (Å²) in [6, 6.07) is 6.72. The first-order chi connectivity index (χ1) is 8.72. The summed E-state index contributed by atoms with van der Waals surface area (Å²) in [5.74, 6) is 0.308. The van der Waals surface area contributed by atoms with Crippen molar-refractivity contribution in [3.8, 4) is 5.75 Å². The Labute approximate surface area is 130 Å². The summed E-state index contributed by atoms with van der Waals surface area (Å²) >= 11 is 0. The minimum Gasteiger partial charge on any atom is -0.398 e. The molecule has 1 heterocycles. The molecule has 1 aromatic rings. The Morgan fingerprint density at radius 1 is 1.45 bits per heavy atom. The Morgan fingerprint density at radius 2 is 2.15 bits per heavy atom. The lowest BCUT2D eigenvalue weighted by atomic mass is 10.2. The summed E-state index contributed by atoms with van der Waals surface area (Å²) in [4.78, 5) is 16.2. The number of halogens is 2. The van der Waals surface area contributed by atoms with E-state index in [1.54, 1.807) is 18.2 Å². The summed E-state index contributed by atoms with van der Waals surface area (Å²) < 4.78 is 0. The molecule has 1 aromatic carbocycles. The van der Waals surface area contributed by atoms with Crippen molar-refractivity contribution < 1.29 is 9.76 Å². The van der Waals surface area contributed by atoms with Gasteiger partial charge in [0.1, 0.15) is 0 Å². The average Bonchev–Trinajstić information content (AvgIpc) is 2.40. The van der Waals surface area contributed by atoms with Gasteiger partial charge in [-0.1, -0.05) is 19.1 Å². The molecule has 114 valence electrons. The van der Waals surface area contributed by atoms with E-state index in [1.165, 1.54) is 6.07 Å². The zero-order valence-electron chi connectivity index (χ0n) is 11.2. The van der Waals surface area contributed by atoms with Crippen LogP contribution in [0.1, 0.15) is 13.3 Å². The fourth-order valence-corrected chi connectivity index (χ4v) is 2.02. The number of nitro benzene ring substituents is 1. The summed E-state index contributed by atoms with van der Waals surface area (Å²) in [6.07, 6.45) is 0.938. The molecule has 0 radical (unpaired) electrons. The molecule has 1 N–H and O–H groups in total. The maximum absolute atomic E-state index is 10.9. The van der Waals surface area contributed by atoms with Crippen molar-refractivity contribution in [3.05, 3.63) is 34.4 Å². The van der Waals surface area contributed by atoms with Gasteiger partial charge in [0.2, 0.25) is 5.75 Å². The molecule has 6 nitrogen and oxygen atoms in total. The van der Waals surface area contributed by atoms with Gasteiger partial charge in [-0.2, -0.15) is 0 Å². The summed E-state index contributed by atoms with van der Waals surface area (Å²) in [6.45, 7) is 4.48. The van der Waals surface area contributed by atoms with E-state index in [9.17, 15) is 10.1 Å². The first-order valence-corrected chi connectivity index (χ1v) is 6.11. The number of hydroxylamine groups is 2. The molecule has 1 aliphatic rings. The Bertz CT molecular complexity index is 434. The third-order valence-corrected chi connectivity index (χ3v) is 3.05.